The van der Waals surface area contributed by atoms with E-state index in [1.165, 1.54) is 12.1 Å². The van der Waals surface area contributed by atoms with Gasteiger partial charge in [0.25, 0.3) is 0 Å². The normalized spacial score (nSPS) is 12.6. The van der Waals surface area contributed by atoms with Gasteiger partial charge in [0.2, 0.25) is 0 Å². The van der Waals surface area contributed by atoms with Crippen molar-refractivity contribution in [1.82, 2.24) is 5.32 Å². The number of halogens is 1. The number of hydrogen-bond acceptors (Lipinski definition) is 4. The Bertz CT molecular complexity index is 443. The molecule has 1 atom stereocenters. The van der Waals surface area contributed by atoms with Gasteiger partial charge in [0, 0.05) is 24.8 Å². The predicted molar refractivity (Wildman–Crippen MR) is 81.7 cm³/mol. The first-order chi connectivity index (χ1) is 9.80. The molecule has 1 aromatic rings. The molecule has 0 saturated heterocycles. The van der Waals surface area contributed by atoms with Crippen molar-refractivity contribution in [3.8, 4) is 0 Å². The van der Waals surface area contributed by atoms with Crippen molar-refractivity contribution in [2.24, 2.45) is 5.73 Å². The monoisotopic (exact) mass is 297 g/mol. The molecule has 1 amide bonds. The van der Waals surface area contributed by atoms with Gasteiger partial charge in [0.1, 0.15) is 11.4 Å². The molecule has 0 radical (unpaired) electrons. The summed E-state index contributed by atoms with van der Waals surface area (Å²) in [6, 6.07) is 6.06. The Labute approximate surface area is 125 Å². The van der Waals surface area contributed by atoms with Crippen molar-refractivity contribution in [2.45, 2.75) is 38.8 Å². The molecule has 0 saturated carbocycles. The van der Waals surface area contributed by atoms with Gasteiger partial charge in [-0.25, -0.2) is 9.18 Å². The molecule has 5 nitrogen and oxygen atoms in total. The first kappa shape index (κ1) is 17.2. The van der Waals surface area contributed by atoms with Crippen LogP contribution in [0.1, 0.15) is 27.2 Å². The first-order valence-electron chi connectivity index (χ1n) is 6.99. The zero-order valence-corrected chi connectivity index (χ0v) is 12.8. The number of anilines is 1. The van der Waals surface area contributed by atoms with Gasteiger partial charge in [0.15, 0.2) is 0 Å². The summed E-state index contributed by atoms with van der Waals surface area (Å²) in [4.78, 5) is 11.5. The number of nitrogens with one attached hydrogen (secondary N) is 2. The number of hydrogen-bond donors (Lipinski definition) is 3. The lowest BCUT2D eigenvalue weighted by molar-refractivity contribution is 0.0527. The zero-order valence-electron chi connectivity index (χ0n) is 12.8. The highest BCUT2D eigenvalue weighted by atomic mass is 19.1. The molecule has 1 aromatic carbocycles. The van der Waals surface area contributed by atoms with E-state index in [-0.39, 0.29) is 11.9 Å². The fraction of sp³-hybridized carbons (Fsp3) is 0.533. The van der Waals surface area contributed by atoms with E-state index in [1.807, 2.05) is 20.8 Å². The van der Waals surface area contributed by atoms with Crippen LogP contribution >= 0.6 is 0 Å². The van der Waals surface area contributed by atoms with Gasteiger partial charge in [-0.05, 0) is 51.5 Å². The molecule has 0 fully saturated rings. The molecule has 0 bridgehead atoms. The number of carbonyl (C=O) groups is 1. The van der Waals surface area contributed by atoms with Gasteiger partial charge in [-0.3, -0.25) is 0 Å². The van der Waals surface area contributed by atoms with Gasteiger partial charge < -0.3 is 21.1 Å². The standard InChI is InChI=1S/C15H24FN3O2/c1-15(2,3)21-14(20)18-9-8-13(10-17)19-12-6-4-11(16)5-7-12/h4-7,13,19H,8-10,17H2,1-3H3,(H,18,20). The Morgan fingerprint density at radius 1 is 1.33 bits per heavy atom. The van der Waals surface area contributed by atoms with E-state index in [1.54, 1.807) is 12.1 Å². The van der Waals surface area contributed by atoms with Crippen LogP contribution in [-0.2, 0) is 4.74 Å². The second-order valence-electron chi connectivity index (χ2n) is 5.80. The summed E-state index contributed by atoms with van der Waals surface area (Å²) in [5.41, 5.74) is 5.97. The maximum atomic E-state index is 12.8. The van der Waals surface area contributed by atoms with Crippen LogP contribution in [-0.4, -0.2) is 30.8 Å². The summed E-state index contributed by atoms with van der Waals surface area (Å²) in [7, 11) is 0. The number of benzene rings is 1. The molecule has 1 unspecified atom stereocenters. The van der Waals surface area contributed by atoms with Crippen LogP contribution in [0.2, 0.25) is 0 Å². The van der Waals surface area contributed by atoms with E-state index in [2.05, 4.69) is 10.6 Å². The van der Waals surface area contributed by atoms with Crippen LogP contribution in [0.4, 0.5) is 14.9 Å². The Morgan fingerprint density at radius 3 is 2.48 bits per heavy atom. The molecule has 6 heteroatoms. The number of nitrogens with two attached hydrogens (primary N) is 1. The van der Waals surface area contributed by atoms with Crippen molar-refractivity contribution in [3.63, 3.8) is 0 Å². The summed E-state index contributed by atoms with van der Waals surface area (Å²) in [5.74, 6) is -0.281. The van der Waals surface area contributed by atoms with Crippen LogP contribution in [0.25, 0.3) is 0 Å². The average molecular weight is 297 g/mol. The molecular formula is C15H24FN3O2. The predicted octanol–water partition coefficient (Wildman–Crippen LogP) is 2.48. The number of amides is 1. The van der Waals surface area contributed by atoms with Crippen molar-refractivity contribution in [1.29, 1.82) is 0 Å². The smallest absolute Gasteiger partial charge is 0.407 e. The van der Waals surface area contributed by atoms with Crippen LogP contribution in [0.5, 0.6) is 0 Å². The minimum absolute atomic E-state index is 0.00889. The molecule has 21 heavy (non-hydrogen) atoms. The molecular weight excluding hydrogens is 273 g/mol. The lowest BCUT2D eigenvalue weighted by Gasteiger charge is -2.21. The van der Waals surface area contributed by atoms with Crippen LogP contribution in [0.15, 0.2) is 24.3 Å². The lowest BCUT2D eigenvalue weighted by Crippen LogP contribution is -2.37. The second kappa shape index (κ2) is 7.83. The molecule has 1 rings (SSSR count). The first-order valence-corrected chi connectivity index (χ1v) is 6.99. The summed E-state index contributed by atoms with van der Waals surface area (Å²) in [5, 5.41) is 5.88. The summed E-state index contributed by atoms with van der Waals surface area (Å²) in [6.07, 6.45) is 0.202. The summed E-state index contributed by atoms with van der Waals surface area (Å²) in [6.45, 7) is 6.29. The van der Waals surface area contributed by atoms with Crippen molar-refractivity contribution in [2.75, 3.05) is 18.4 Å². The van der Waals surface area contributed by atoms with E-state index >= 15 is 0 Å². The fourth-order valence-electron chi connectivity index (χ4n) is 1.69. The zero-order chi connectivity index (χ0) is 15.9. The fourth-order valence-corrected chi connectivity index (χ4v) is 1.69. The SMILES string of the molecule is CC(C)(C)OC(=O)NCCC(CN)Nc1ccc(F)cc1. The second-order valence-corrected chi connectivity index (χ2v) is 5.80. The van der Waals surface area contributed by atoms with Gasteiger partial charge in [-0.15, -0.1) is 0 Å². The summed E-state index contributed by atoms with van der Waals surface area (Å²) >= 11 is 0. The Kier molecular flexibility index (Phi) is 6.42. The molecule has 0 spiro atoms. The van der Waals surface area contributed by atoms with Gasteiger partial charge in [-0.2, -0.15) is 0 Å². The highest BCUT2D eigenvalue weighted by Gasteiger charge is 2.16. The third kappa shape index (κ3) is 7.51. The third-order valence-electron chi connectivity index (χ3n) is 2.66. The Balaban J connectivity index is 2.34. The maximum Gasteiger partial charge on any atom is 0.407 e. The highest BCUT2D eigenvalue weighted by Crippen LogP contribution is 2.11. The molecule has 0 heterocycles. The van der Waals surface area contributed by atoms with E-state index in [4.69, 9.17) is 10.5 Å². The number of carbonyl (C=O) groups excluding carboxylic acids is 1. The maximum absolute atomic E-state index is 12.8. The molecule has 118 valence electrons. The van der Waals surface area contributed by atoms with Gasteiger partial charge in [-0.1, -0.05) is 0 Å². The molecule has 0 aliphatic rings. The molecule has 0 aliphatic carbocycles. The quantitative estimate of drug-likeness (QED) is 0.754. The lowest BCUT2D eigenvalue weighted by atomic mass is 10.2. The van der Waals surface area contributed by atoms with E-state index in [9.17, 15) is 9.18 Å². The average Bonchev–Trinajstić information content (AvgIpc) is 2.38. The van der Waals surface area contributed by atoms with Crippen LogP contribution < -0.4 is 16.4 Å². The van der Waals surface area contributed by atoms with E-state index in [0.29, 0.717) is 19.5 Å². The van der Waals surface area contributed by atoms with Crippen LogP contribution in [0, 0.1) is 5.82 Å². The highest BCUT2D eigenvalue weighted by molar-refractivity contribution is 5.67. The van der Waals surface area contributed by atoms with E-state index < -0.39 is 11.7 Å². The number of ether oxygens (including phenoxy) is 1. The summed E-state index contributed by atoms with van der Waals surface area (Å²) < 4.78 is 18.0. The minimum atomic E-state index is -0.510. The van der Waals surface area contributed by atoms with Crippen molar-refractivity contribution in [3.05, 3.63) is 30.1 Å². The minimum Gasteiger partial charge on any atom is -0.444 e. The number of alkyl carbamates (subject to hydrolysis) is 1. The molecule has 0 aliphatic heterocycles. The van der Waals surface area contributed by atoms with Crippen LogP contribution in [0.3, 0.4) is 0 Å². The topological polar surface area (TPSA) is 76.4 Å². The third-order valence-corrected chi connectivity index (χ3v) is 2.66. The largest absolute Gasteiger partial charge is 0.444 e. The molecule has 4 N–H and O–H groups in total. The Hall–Kier alpha value is -1.82. The number of rotatable bonds is 6. The van der Waals surface area contributed by atoms with Crippen molar-refractivity contribution >= 4 is 11.8 Å². The Morgan fingerprint density at radius 2 is 1.95 bits per heavy atom. The van der Waals surface area contributed by atoms with Gasteiger partial charge in [0.05, 0.1) is 0 Å². The van der Waals surface area contributed by atoms with Crippen molar-refractivity contribution < 1.29 is 13.9 Å². The van der Waals surface area contributed by atoms with Gasteiger partial charge >= 0.3 is 6.09 Å². The molecule has 0 aromatic heterocycles. The van der Waals surface area contributed by atoms with E-state index in [0.717, 1.165) is 5.69 Å².